The third kappa shape index (κ3) is 2.86. The molecule has 1 aromatic carbocycles. The number of hydrogen-bond donors (Lipinski definition) is 0. The molecule has 134 valence electrons. The summed E-state index contributed by atoms with van der Waals surface area (Å²) < 4.78 is 5.13. The smallest absolute Gasteiger partial charge is 0.334 e. The van der Waals surface area contributed by atoms with Gasteiger partial charge in [-0.25, -0.2) is 9.69 Å². The van der Waals surface area contributed by atoms with Gasteiger partial charge < -0.3 is 4.52 Å². The van der Waals surface area contributed by atoms with E-state index in [1.165, 1.54) is 0 Å². The Kier molecular flexibility index (Phi) is 4.20. The molecule has 2 aromatic rings. The Morgan fingerprint density at radius 3 is 2.46 bits per heavy atom. The third-order valence-corrected chi connectivity index (χ3v) is 4.89. The lowest BCUT2D eigenvalue weighted by Gasteiger charge is -2.20. The van der Waals surface area contributed by atoms with Crippen molar-refractivity contribution >= 4 is 29.4 Å². The molecule has 9 heteroatoms. The molecule has 8 nitrogen and oxygen atoms in total. The Morgan fingerprint density at radius 1 is 1.08 bits per heavy atom. The van der Waals surface area contributed by atoms with E-state index in [-0.39, 0.29) is 18.5 Å². The maximum Gasteiger partial charge on any atom is 0.334 e. The van der Waals surface area contributed by atoms with Gasteiger partial charge in [-0.15, -0.1) is 0 Å². The molecule has 1 saturated carbocycles. The number of halogens is 1. The van der Waals surface area contributed by atoms with Gasteiger partial charge >= 0.3 is 17.8 Å². The van der Waals surface area contributed by atoms with Gasteiger partial charge in [-0.1, -0.05) is 29.6 Å². The SMILES string of the molecule is O=C1C(=O)N(C2CCCC2)C(=O)N1Cc1nc(-c2ccc(Cl)cc2)no1. The number of rotatable bonds is 4. The Hall–Kier alpha value is -2.74. The van der Waals surface area contributed by atoms with Crippen molar-refractivity contribution in [2.75, 3.05) is 0 Å². The van der Waals surface area contributed by atoms with Crippen LogP contribution < -0.4 is 0 Å². The van der Waals surface area contributed by atoms with Gasteiger partial charge in [0.25, 0.3) is 0 Å². The summed E-state index contributed by atoms with van der Waals surface area (Å²) in [6.07, 6.45) is 3.37. The van der Waals surface area contributed by atoms with E-state index in [2.05, 4.69) is 10.1 Å². The van der Waals surface area contributed by atoms with E-state index in [1.54, 1.807) is 24.3 Å². The topological polar surface area (TPSA) is 96.6 Å². The second-order valence-corrected chi connectivity index (χ2v) is 6.74. The van der Waals surface area contributed by atoms with Crippen molar-refractivity contribution < 1.29 is 18.9 Å². The predicted molar refractivity (Wildman–Crippen MR) is 89.8 cm³/mol. The van der Waals surface area contributed by atoms with Crippen molar-refractivity contribution in [3.63, 3.8) is 0 Å². The van der Waals surface area contributed by atoms with Crippen molar-refractivity contribution in [2.24, 2.45) is 0 Å². The minimum Gasteiger partial charge on any atom is -0.337 e. The van der Waals surface area contributed by atoms with E-state index in [1.807, 2.05) is 0 Å². The van der Waals surface area contributed by atoms with Crippen LogP contribution >= 0.6 is 11.6 Å². The average molecular weight is 375 g/mol. The fourth-order valence-corrected chi connectivity index (χ4v) is 3.44. The molecule has 2 heterocycles. The lowest BCUT2D eigenvalue weighted by atomic mass is 10.2. The van der Waals surface area contributed by atoms with Crippen molar-refractivity contribution in [2.45, 2.75) is 38.3 Å². The van der Waals surface area contributed by atoms with Crippen LogP contribution in [-0.2, 0) is 16.1 Å². The monoisotopic (exact) mass is 374 g/mol. The first-order chi connectivity index (χ1) is 12.5. The van der Waals surface area contributed by atoms with Crippen LogP contribution in [0.2, 0.25) is 5.02 Å². The maximum absolute atomic E-state index is 12.5. The van der Waals surface area contributed by atoms with Gasteiger partial charge in [-0.2, -0.15) is 4.98 Å². The minimum atomic E-state index is -0.854. The van der Waals surface area contributed by atoms with E-state index in [9.17, 15) is 14.4 Å². The summed E-state index contributed by atoms with van der Waals surface area (Å²) in [4.78, 5) is 43.1. The standard InChI is InChI=1S/C17H15ClN4O4/c18-11-7-5-10(6-8-11)14-19-13(26-20-14)9-21-15(23)16(24)22(17(21)25)12-3-1-2-4-12/h5-8,12H,1-4,9H2. The molecule has 0 bridgehead atoms. The molecule has 26 heavy (non-hydrogen) atoms. The summed E-state index contributed by atoms with van der Waals surface area (Å²) in [7, 11) is 0. The highest BCUT2D eigenvalue weighted by Gasteiger charge is 2.48. The Labute approximate surface area is 153 Å². The molecule has 0 unspecified atom stereocenters. The number of carbonyl (C=O) groups is 3. The van der Waals surface area contributed by atoms with Crippen LogP contribution in [0.1, 0.15) is 31.6 Å². The number of aromatic nitrogens is 2. The Balaban J connectivity index is 1.52. The summed E-state index contributed by atoms with van der Waals surface area (Å²) in [5.74, 6) is -1.24. The molecule has 1 aliphatic carbocycles. The highest BCUT2D eigenvalue weighted by Crippen LogP contribution is 2.28. The number of nitrogens with zero attached hydrogens (tertiary/aromatic N) is 4. The summed E-state index contributed by atoms with van der Waals surface area (Å²) >= 11 is 5.85. The van der Waals surface area contributed by atoms with Gasteiger partial charge in [-0.3, -0.25) is 14.5 Å². The number of amides is 4. The highest BCUT2D eigenvalue weighted by molar-refractivity contribution is 6.44. The lowest BCUT2D eigenvalue weighted by molar-refractivity contribution is -0.144. The normalized spacial score (nSPS) is 18.4. The van der Waals surface area contributed by atoms with E-state index < -0.39 is 17.8 Å². The Morgan fingerprint density at radius 2 is 1.77 bits per heavy atom. The number of imide groups is 2. The van der Waals surface area contributed by atoms with E-state index in [0.717, 1.165) is 35.5 Å². The minimum absolute atomic E-state index is 0.0812. The first-order valence-corrected chi connectivity index (χ1v) is 8.70. The van der Waals surface area contributed by atoms with Crippen molar-refractivity contribution in [1.82, 2.24) is 19.9 Å². The molecule has 4 rings (SSSR count). The average Bonchev–Trinajstić information content (AvgIpc) is 3.35. The largest absolute Gasteiger partial charge is 0.337 e. The van der Waals surface area contributed by atoms with Gasteiger partial charge in [0.2, 0.25) is 11.7 Å². The fraction of sp³-hybridized carbons (Fsp3) is 0.353. The van der Waals surface area contributed by atoms with Gasteiger partial charge in [-0.05, 0) is 37.1 Å². The zero-order chi connectivity index (χ0) is 18.3. The highest BCUT2D eigenvalue weighted by atomic mass is 35.5. The molecule has 2 aliphatic rings. The van der Waals surface area contributed by atoms with Crippen molar-refractivity contribution in [3.05, 3.63) is 35.2 Å². The van der Waals surface area contributed by atoms with Crippen LogP contribution in [0.3, 0.4) is 0 Å². The van der Waals surface area contributed by atoms with Crippen LogP contribution in [0.5, 0.6) is 0 Å². The molecular weight excluding hydrogens is 360 g/mol. The van der Waals surface area contributed by atoms with Crippen LogP contribution in [0.15, 0.2) is 28.8 Å². The van der Waals surface area contributed by atoms with Crippen LogP contribution in [0, 0.1) is 0 Å². The van der Waals surface area contributed by atoms with Crippen molar-refractivity contribution in [3.8, 4) is 11.4 Å². The molecule has 1 aliphatic heterocycles. The summed E-state index contributed by atoms with van der Waals surface area (Å²) in [5, 5.41) is 4.43. The summed E-state index contributed by atoms with van der Waals surface area (Å²) in [6, 6.07) is 6.04. The van der Waals surface area contributed by atoms with Crippen LogP contribution in [-0.4, -0.2) is 43.8 Å². The van der Waals surface area contributed by atoms with Crippen LogP contribution in [0.4, 0.5) is 4.79 Å². The van der Waals surface area contributed by atoms with Gasteiger partial charge in [0, 0.05) is 16.6 Å². The maximum atomic E-state index is 12.5. The third-order valence-electron chi connectivity index (χ3n) is 4.64. The molecule has 0 radical (unpaired) electrons. The number of hydrogen-bond acceptors (Lipinski definition) is 6. The number of carbonyl (C=O) groups excluding carboxylic acids is 3. The first kappa shape index (κ1) is 16.7. The Bertz CT molecular complexity index is 873. The van der Waals surface area contributed by atoms with Gasteiger partial charge in [0.1, 0.15) is 6.54 Å². The summed E-state index contributed by atoms with van der Waals surface area (Å²) in [5.41, 5.74) is 0.687. The fourth-order valence-electron chi connectivity index (χ4n) is 3.32. The van der Waals surface area contributed by atoms with E-state index in [4.69, 9.17) is 16.1 Å². The molecule has 1 aromatic heterocycles. The molecule has 0 spiro atoms. The zero-order valence-corrected chi connectivity index (χ0v) is 14.5. The molecule has 0 atom stereocenters. The van der Waals surface area contributed by atoms with Gasteiger partial charge in [0.05, 0.1) is 0 Å². The molecule has 4 amide bonds. The van der Waals surface area contributed by atoms with E-state index in [0.29, 0.717) is 16.4 Å². The zero-order valence-electron chi connectivity index (χ0n) is 13.7. The summed E-state index contributed by atoms with van der Waals surface area (Å²) in [6.45, 7) is -0.229. The lowest BCUT2D eigenvalue weighted by Crippen LogP contribution is -2.39. The quantitative estimate of drug-likeness (QED) is 0.602. The van der Waals surface area contributed by atoms with E-state index >= 15 is 0 Å². The second kappa shape index (κ2) is 6.53. The van der Waals surface area contributed by atoms with Crippen molar-refractivity contribution in [1.29, 1.82) is 0 Å². The second-order valence-electron chi connectivity index (χ2n) is 6.31. The first-order valence-electron chi connectivity index (χ1n) is 8.32. The van der Waals surface area contributed by atoms with Gasteiger partial charge in [0.15, 0.2) is 0 Å². The predicted octanol–water partition coefficient (Wildman–Crippen LogP) is 2.62. The molecular formula is C17H15ClN4O4. The number of urea groups is 1. The molecule has 0 N–H and O–H groups in total. The molecule has 2 fully saturated rings. The van der Waals surface area contributed by atoms with Crippen LogP contribution in [0.25, 0.3) is 11.4 Å². The number of benzene rings is 1. The molecule has 1 saturated heterocycles.